The number of nitrogens with one attached hydrogen (secondary N) is 1. The second-order valence-corrected chi connectivity index (χ2v) is 3.82. The molecule has 2 heteroatoms. The van der Waals surface area contributed by atoms with Crippen molar-refractivity contribution in [1.82, 2.24) is 0 Å². The Morgan fingerprint density at radius 1 is 1.56 bits per heavy atom. The van der Waals surface area contributed by atoms with Crippen molar-refractivity contribution in [3.05, 3.63) is 12.2 Å². The molecule has 0 aliphatic heterocycles. The van der Waals surface area contributed by atoms with Gasteiger partial charge in [-0.1, -0.05) is 6.08 Å². The molecule has 0 aromatic heterocycles. The largest absolute Gasteiger partial charge is 0.306 e. The Labute approximate surface area is 62.1 Å². The van der Waals surface area contributed by atoms with E-state index in [-0.39, 0.29) is 4.75 Å². The van der Waals surface area contributed by atoms with Gasteiger partial charge < -0.3 is 5.41 Å². The van der Waals surface area contributed by atoms with Gasteiger partial charge >= 0.3 is 0 Å². The van der Waals surface area contributed by atoms with Crippen molar-refractivity contribution in [2.45, 2.75) is 25.5 Å². The second kappa shape index (κ2) is 3.06. The van der Waals surface area contributed by atoms with Crippen LogP contribution in [0.25, 0.3) is 0 Å². The summed E-state index contributed by atoms with van der Waals surface area (Å²) in [4.78, 5) is 0. The molecule has 0 amide bonds. The smallest absolute Gasteiger partial charge is 0.0280 e. The third-order valence-electron chi connectivity index (χ3n) is 0.741. The minimum absolute atomic E-state index is 0.0949. The minimum atomic E-state index is -0.0949. The van der Waals surface area contributed by atoms with Gasteiger partial charge in [0.25, 0.3) is 0 Å². The van der Waals surface area contributed by atoms with Crippen molar-refractivity contribution in [1.29, 1.82) is 5.41 Å². The van der Waals surface area contributed by atoms with E-state index in [1.54, 1.807) is 13.0 Å². The van der Waals surface area contributed by atoms with E-state index in [9.17, 15) is 0 Å². The molecular weight excluding hydrogens is 130 g/mol. The highest BCUT2D eigenvalue weighted by molar-refractivity contribution is 7.82. The predicted octanol–water partition coefficient (Wildman–Crippen LogP) is 2.29. The summed E-state index contributed by atoms with van der Waals surface area (Å²) >= 11 is 4.25. The van der Waals surface area contributed by atoms with Gasteiger partial charge in [-0.3, -0.25) is 0 Å². The average Bonchev–Trinajstić information content (AvgIpc) is 1.59. The van der Waals surface area contributed by atoms with Crippen LogP contribution in [0.2, 0.25) is 0 Å². The Balaban J connectivity index is 3.86. The first-order valence-corrected chi connectivity index (χ1v) is 3.33. The van der Waals surface area contributed by atoms with E-state index >= 15 is 0 Å². The molecule has 0 aromatic carbocycles. The van der Waals surface area contributed by atoms with E-state index < -0.39 is 0 Å². The number of hydrogen-bond donors (Lipinski definition) is 2. The van der Waals surface area contributed by atoms with Gasteiger partial charge in [-0.05, 0) is 26.8 Å². The lowest BCUT2D eigenvalue weighted by Crippen LogP contribution is -2.04. The van der Waals surface area contributed by atoms with Crippen molar-refractivity contribution in [2.75, 3.05) is 0 Å². The first-order chi connectivity index (χ1) is 3.92. The van der Waals surface area contributed by atoms with E-state index in [4.69, 9.17) is 5.41 Å². The monoisotopic (exact) mass is 143 g/mol. The highest BCUT2D eigenvalue weighted by Gasteiger charge is 2.03. The van der Waals surface area contributed by atoms with Crippen LogP contribution in [0.4, 0.5) is 0 Å². The quantitative estimate of drug-likeness (QED) is 0.438. The van der Waals surface area contributed by atoms with Gasteiger partial charge in [0.1, 0.15) is 0 Å². The first kappa shape index (κ1) is 8.76. The van der Waals surface area contributed by atoms with Crippen LogP contribution in [0.5, 0.6) is 0 Å². The molecule has 0 spiro atoms. The van der Waals surface area contributed by atoms with Gasteiger partial charge in [0.2, 0.25) is 0 Å². The van der Waals surface area contributed by atoms with Gasteiger partial charge in [0.15, 0.2) is 0 Å². The fourth-order valence-electron chi connectivity index (χ4n) is 0.329. The Hall–Kier alpha value is -0.240. The summed E-state index contributed by atoms with van der Waals surface area (Å²) < 4.78 is -0.0949. The molecule has 9 heavy (non-hydrogen) atoms. The van der Waals surface area contributed by atoms with Crippen LogP contribution in [0.1, 0.15) is 20.8 Å². The van der Waals surface area contributed by atoms with Crippen LogP contribution < -0.4 is 0 Å². The number of thiol groups is 1. The standard InChI is InChI=1S/C7H13NS/c1-6(8)4-5-7(2,3)9/h4-5,8-9H,1-3H3/b5-4-,8-6?. The van der Waals surface area contributed by atoms with Crippen LogP contribution in [-0.2, 0) is 0 Å². The molecule has 0 unspecified atom stereocenters. The second-order valence-electron chi connectivity index (χ2n) is 2.67. The molecule has 0 radical (unpaired) electrons. The summed E-state index contributed by atoms with van der Waals surface area (Å²) in [6.07, 6.45) is 3.66. The number of rotatable bonds is 2. The van der Waals surface area contributed by atoms with Crippen molar-refractivity contribution < 1.29 is 0 Å². The maximum absolute atomic E-state index is 7.05. The Morgan fingerprint density at radius 3 is 2.11 bits per heavy atom. The molecule has 0 fully saturated rings. The molecule has 0 aliphatic rings. The Kier molecular flexibility index (Phi) is 2.98. The van der Waals surface area contributed by atoms with Crippen LogP contribution in [-0.4, -0.2) is 10.5 Å². The lowest BCUT2D eigenvalue weighted by Gasteiger charge is -2.09. The van der Waals surface area contributed by atoms with Crippen molar-refractivity contribution in [3.63, 3.8) is 0 Å². The maximum atomic E-state index is 7.05. The van der Waals surface area contributed by atoms with E-state index in [1.165, 1.54) is 0 Å². The van der Waals surface area contributed by atoms with Gasteiger partial charge in [-0.2, -0.15) is 12.6 Å². The van der Waals surface area contributed by atoms with Crippen LogP contribution in [0.15, 0.2) is 12.2 Å². The minimum Gasteiger partial charge on any atom is -0.306 e. The zero-order chi connectivity index (χ0) is 7.49. The van der Waals surface area contributed by atoms with Crippen molar-refractivity contribution in [2.24, 2.45) is 0 Å². The molecule has 0 saturated heterocycles. The van der Waals surface area contributed by atoms with E-state index in [0.29, 0.717) is 5.71 Å². The van der Waals surface area contributed by atoms with E-state index in [2.05, 4.69) is 12.6 Å². The van der Waals surface area contributed by atoms with Gasteiger partial charge in [-0.15, -0.1) is 0 Å². The molecule has 0 atom stereocenters. The summed E-state index contributed by atoms with van der Waals surface area (Å²) in [6, 6.07) is 0. The third-order valence-corrected chi connectivity index (χ3v) is 0.890. The number of allylic oxidation sites excluding steroid dienone is 1. The molecule has 0 heterocycles. The fourth-order valence-corrected chi connectivity index (χ4v) is 0.403. The van der Waals surface area contributed by atoms with Crippen LogP contribution in [0.3, 0.4) is 0 Å². The van der Waals surface area contributed by atoms with Gasteiger partial charge in [0.05, 0.1) is 0 Å². The molecule has 0 aliphatic carbocycles. The zero-order valence-electron chi connectivity index (χ0n) is 6.10. The number of hydrogen-bond acceptors (Lipinski definition) is 2. The maximum Gasteiger partial charge on any atom is 0.0280 e. The van der Waals surface area contributed by atoms with Gasteiger partial charge in [-0.25, -0.2) is 0 Å². The van der Waals surface area contributed by atoms with E-state index in [0.717, 1.165) is 0 Å². The Morgan fingerprint density at radius 2 is 2.00 bits per heavy atom. The summed E-state index contributed by atoms with van der Waals surface area (Å²) in [5.41, 5.74) is 0.567. The van der Waals surface area contributed by atoms with E-state index in [1.807, 2.05) is 19.9 Å². The first-order valence-electron chi connectivity index (χ1n) is 2.88. The summed E-state index contributed by atoms with van der Waals surface area (Å²) in [5, 5.41) is 7.05. The van der Waals surface area contributed by atoms with Crippen LogP contribution in [0, 0.1) is 5.41 Å². The highest BCUT2D eigenvalue weighted by atomic mass is 32.1. The summed E-state index contributed by atoms with van der Waals surface area (Å²) in [6.45, 7) is 5.71. The SMILES string of the molecule is CC(=N)/C=C\C(C)(C)S. The lowest BCUT2D eigenvalue weighted by atomic mass is 10.2. The highest BCUT2D eigenvalue weighted by Crippen LogP contribution is 2.12. The average molecular weight is 143 g/mol. The molecule has 0 saturated carbocycles. The lowest BCUT2D eigenvalue weighted by molar-refractivity contribution is 0.909. The molecule has 0 bridgehead atoms. The topological polar surface area (TPSA) is 23.9 Å². The molecule has 1 nitrogen and oxygen atoms in total. The normalized spacial score (nSPS) is 12.4. The summed E-state index contributed by atoms with van der Waals surface area (Å²) in [7, 11) is 0. The van der Waals surface area contributed by atoms with Crippen molar-refractivity contribution in [3.8, 4) is 0 Å². The molecular formula is C7H13NS. The van der Waals surface area contributed by atoms with Crippen molar-refractivity contribution >= 4 is 18.3 Å². The zero-order valence-corrected chi connectivity index (χ0v) is 7.00. The molecule has 0 rings (SSSR count). The fraction of sp³-hybridized carbons (Fsp3) is 0.571. The van der Waals surface area contributed by atoms with Gasteiger partial charge in [0, 0.05) is 10.5 Å². The molecule has 1 N–H and O–H groups in total. The predicted molar refractivity (Wildman–Crippen MR) is 45.6 cm³/mol. The molecule has 52 valence electrons. The summed E-state index contributed by atoms with van der Waals surface area (Å²) in [5.74, 6) is 0. The third kappa shape index (κ3) is 7.76. The van der Waals surface area contributed by atoms with Crippen LogP contribution >= 0.6 is 12.6 Å². The Bertz CT molecular complexity index is 130. The molecule has 0 aromatic rings.